The van der Waals surface area contributed by atoms with E-state index in [1.165, 1.54) is 6.07 Å². The van der Waals surface area contributed by atoms with E-state index >= 15 is 0 Å². The van der Waals surface area contributed by atoms with Crippen LogP contribution < -0.4 is 11.2 Å². The highest BCUT2D eigenvalue weighted by molar-refractivity contribution is 7.20. The molecule has 0 amide bonds. The van der Waals surface area contributed by atoms with Gasteiger partial charge in [0.1, 0.15) is 4.70 Å². The second kappa shape index (κ2) is 2.21. The SMILES string of the molecule is O=c1[nH]c(=O)c2sc(O)cc2[nH]1. The van der Waals surface area contributed by atoms with Crippen LogP contribution in [0.1, 0.15) is 0 Å². The maximum absolute atomic E-state index is 11.0. The molecule has 0 unspecified atom stereocenters. The van der Waals surface area contributed by atoms with Crippen molar-refractivity contribution in [3.05, 3.63) is 26.9 Å². The topological polar surface area (TPSA) is 85.9 Å². The van der Waals surface area contributed by atoms with Crippen LogP contribution in [0.3, 0.4) is 0 Å². The molecule has 3 N–H and O–H groups in total. The fourth-order valence-electron chi connectivity index (χ4n) is 0.953. The monoisotopic (exact) mass is 184 g/mol. The molecule has 2 aromatic heterocycles. The lowest BCUT2D eigenvalue weighted by molar-refractivity contribution is 0.491. The first-order valence-electron chi connectivity index (χ1n) is 3.12. The van der Waals surface area contributed by atoms with Gasteiger partial charge in [-0.15, -0.1) is 0 Å². The Morgan fingerprint density at radius 1 is 1.33 bits per heavy atom. The van der Waals surface area contributed by atoms with Crippen LogP contribution in [0.15, 0.2) is 15.7 Å². The molecule has 0 aliphatic rings. The van der Waals surface area contributed by atoms with Gasteiger partial charge in [-0.05, 0) is 0 Å². The molecular formula is C6H4N2O3S. The van der Waals surface area contributed by atoms with Gasteiger partial charge in [0, 0.05) is 6.07 Å². The average molecular weight is 184 g/mol. The first kappa shape index (κ1) is 7.11. The molecule has 2 rings (SSSR count). The summed E-state index contributed by atoms with van der Waals surface area (Å²) in [6.45, 7) is 0. The Hall–Kier alpha value is -1.56. The van der Waals surface area contributed by atoms with Gasteiger partial charge in [0.25, 0.3) is 5.56 Å². The molecule has 0 atom stereocenters. The average Bonchev–Trinajstić information content (AvgIpc) is 2.29. The summed E-state index contributed by atoms with van der Waals surface area (Å²) < 4.78 is 0.326. The van der Waals surface area contributed by atoms with E-state index in [1.54, 1.807) is 0 Å². The highest BCUT2D eigenvalue weighted by Crippen LogP contribution is 2.24. The number of nitrogens with one attached hydrogen (secondary N) is 2. The van der Waals surface area contributed by atoms with Crippen LogP contribution in [0, 0.1) is 0 Å². The van der Waals surface area contributed by atoms with Crippen molar-refractivity contribution in [2.24, 2.45) is 0 Å². The molecule has 0 aromatic carbocycles. The first-order valence-corrected chi connectivity index (χ1v) is 3.93. The Morgan fingerprint density at radius 3 is 2.83 bits per heavy atom. The number of fused-ring (bicyclic) bond motifs is 1. The van der Waals surface area contributed by atoms with E-state index < -0.39 is 11.2 Å². The molecule has 0 bridgehead atoms. The molecular weight excluding hydrogens is 180 g/mol. The van der Waals surface area contributed by atoms with Crippen LogP contribution in [0.4, 0.5) is 0 Å². The summed E-state index contributed by atoms with van der Waals surface area (Å²) in [5, 5.41) is 9.03. The number of aromatic hydroxyl groups is 1. The zero-order chi connectivity index (χ0) is 8.72. The first-order chi connectivity index (χ1) is 5.66. The van der Waals surface area contributed by atoms with E-state index in [9.17, 15) is 9.59 Å². The van der Waals surface area contributed by atoms with Crippen LogP contribution in [0.5, 0.6) is 5.06 Å². The van der Waals surface area contributed by atoms with E-state index in [-0.39, 0.29) is 5.06 Å². The van der Waals surface area contributed by atoms with Crippen LogP contribution in [-0.2, 0) is 0 Å². The van der Waals surface area contributed by atoms with Gasteiger partial charge in [-0.1, -0.05) is 11.3 Å². The summed E-state index contributed by atoms with van der Waals surface area (Å²) in [6.07, 6.45) is 0. The molecule has 5 nitrogen and oxygen atoms in total. The lowest BCUT2D eigenvalue weighted by Gasteiger charge is -1.84. The fourth-order valence-corrected chi connectivity index (χ4v) is 1.70. The molecule has 0 fully saturated rings. The molecule has 6 heteroatoms. The number of thiophene rings is 1. The van der Waals surface area contributed by atoms with Crippen molar-refractivity contribution in [1.82, 2.24) is 9.97 Å². The van der Waals surface area contributed by atoms with Gasteiger partial charge in [0.2, 0.25) is 0 Å². The molecule has 62 valence electrons. The predicted molar refractivity (Wildman–Crippen MR) is 44.7 cm³/mol. The Morgan fingerprint density at radius 2 is 2.08 bits per heavy atom. The van der Waals surface area contributed by atoms with Gasteiger partial charge in [-0.3, -0.25) is 9.78 Å². The molecule has 0 saturated heterocycles. The standard InChI is InChI=1S/C6H4N2O3S/c9-3-1-2-4(12-3)5(10)8-6(11)7-2/h1,9H,(H2,7,8,10,11). The zero-order valence-electron chi connectivity index (χ0n) is 5.75. The number of H-pyrrole nitrogens is 2. The maximum atomic E-state index is 11.0. The summed E-state index contributed by atoms with van der Waals surface area (Å²) >= 11 is 0.929. The Kier molecular flexibility index (Phi) is 1.31. The fraction of sp³-hybridized carbons (Fsp3) is 0. The Balaban J connectivity index is 3.08. The van der Waals surface area contributed by atoms with Gasteiger partial charge < -0.3 is 10.1 Å². The third-order valence-electron chi connectivity index (χ3n) is 1.40. The van der Waals surface area contributed by atoms with Crippen molar-refractivity contribution in [3.63, 3.8) is 0 Å². The summed E-state index contributed by atoms with van der Waals surface area (Å²) in [4.78, 5) is 26.2. The van der Waals surface area contributed by atoms with Crippen molar-refractivity contribution in [2.45, 2.75) is 0 Å². The number of hydrogen-bond acceptors (Lipinski definition) is 4. The number of aromatic amines is 2. The number of hydrogen-bond donors (Lipinski definition) is 3. The molecule has 0 aliphatic carbocycles. The molecule has 12 heavy (non-hydrogen) atoms. The van der Waals surface area contributed by atoms with E-state index in [2.05, 4.69) is 9.97 Å². The largest absolute Gasteiger partial charge is 0.499 e. The summed E-state index contributed by atoms with van der Waals surface area (Å²) in [6, 6.07) is 1.34. The van der Waals surface area contributed by atoms with Crippen LogP contribution in [0.2, 0.25) is 0 Å². The molecule has 2 heterocycles. The van der Waals surface area contributed by atoms with Crippen molar-refractivity contribution in [1.29, 1.82) is 0 Å². The van der Waals surface area contributed by atoms with Crippen LogP contribution in [-0.4, -0.2) is 15.1 Å². The zero-order valence-corrected chi connectivity index (χ0v) is 6.57. The Bertz CT molecular complexity index is 535. The number of aromatic nitrogens is 2. The quantitative estimate of drug-likeness (QED) is 0.538. The molecule has 2 aromatic rings. The van der Waals surface area contributed by atoms with E-state index in [0.717, 1.165) is 11.3 Å². The minimum Gasteiger partial charge on any atom is -0.499 e. The lowest BCUT2D eigenvalue weighted by atomic mass is 10.5. The van der Waals surface area contributed by atoms with Gasteiger partial charge >= 0.3 is 5.69 Å². The second-order valence-electron chi connectivity index (χ2n) is 2.24. The molecule has 0 saturated carbocycles. The number of rotatable bonds is 0. The molecule has 0 aliphatic heterocycles. The maximum Gasteiger partial charge on any atom is 0.326 e. The minimum absolute atomic E-state index is 0.0114. The second-order valence-corrected chi connectivity index (χ2v) is 3.27. The highest BCUT2D eigenvalue weighted by Gasteiger charge is 2.04. The minimum atomic E-state index is -0.565. The van der Waals surface area contributed by atoms with Crippen molar-refractivity contribution >= 4 is 21.6 Å². The van der Waals surface area contributed by atoms with Gasteiger partial charge in [0.05, 0.1) is 5.52 Å². The van der Waals surface area contributed by atoms with Crippen LogP contribution >= 0.6 is 11.3 Å². The summed E-state index contributed by atoms with van der Waals surface area (Å²) in [5.41, 5.74) is -0.671. The van der Waals surface area contributed by atoms with Crippen LogP contribution in [0.25, 0.3) is 10.2 Å². The normalized spacial score (nSPS) is 10.7. The van der Waals surface area contributed by atoms with E-state index in [1.807, 2.05) is 0 Å². The van der Waals surface area contributed by atoms with Crippen molar-refractivity contribution < 1.29 is 5.11 Å². The molecule has 0 radical (unpaired) electrons. The Labute approximate surface area is 69.3 Å². The summed E-state index contributed by atoms with van der Waals surface area (Å²) in [7, 11) is 0. The summed E-state index contributed by atoms with van der Waals surface area (Å²) in [5.74, 6) is 0. The van der Waals surface area contributed by atoms with Crippen molar-refractivity contribution in [3.8, 4) is 5.06 Å². The van der Waals surface area contributed by atoms with Gasteiger partial charge in [-0.2, -0.15) is 0 Å². The van der Waals surface area contributed by atoms with E-state index in [4.69, 9.17) is 5.11 Å². The molecule has 0 spiro atoms. The third kappa shape index (κ3) is 0.928. The van der Waals surface area contributed by atoms with Gasteiger partial charge in [-0.25, -0.2) is 4.79 Å². The lowest BCUT2D eigenvalue weighted by Crippen LogP contribution is -2.20. The third-order valence-corrected chi connectivity index (χ3v) is 2.34. The predicted octanol–water partition coefficient (Wildman–Crippen LogP) is -0.0165. The van der Waals surface area contributed by atoms with Crippen molar-refractivity contribution in [2.75, 3.05) is 0 Å². The smallest absolute Gasteiger partial charge is 0.326 e. The highest BCUT2D eigenvalue weighted by atomic mass is 32.1. The van der Waals surface area contributed by atoms with Gasteiger partial charge in [0.15, 0.2) is 5.06 Å². The van der Waals surface area contributed by atoms with E-state index in [0.29, 0.717) is 10.2 Å².